The van der Waals surface area contributed by atoms with Gasteiger partial charge in [0.25, 0.3) is 5.91 Å². The highest BCUT2D eigenvalue weighted by molar-refractivity contribution is 9.10. The fourth-order valence-electron chi connectivity index (χ4n) is 3.51. The number of halogens is 5. The minimum absolute atomic E-state index is 0.0461. The molecule has 170 valence electrons. The van der Waals surface area contributed by atoms with Crippen molar-refractivity contribution >= 4 is 38.4 Å². The van der Waals surface area contributed by atoms with Crippen LogP contribution in [0.1, 0.15) is 33.0 Å². The molecule has 0 aliphatic carbocycles. The average molecular weight is 521 g/mol. The summed E-state index contributed by atoms with van der Waals surface area (Å²) in [5, 5.41) is 7.41. The van der Waals surface area contributed by atoms with Crippen molar-refractivity contribution in [2.75, 3.05) is 5.32 Å². The largest absolute Gasteiger partial charge is 0.433 e. The summed E-state index contributed by atoms with van der Waals surface area (Å²) in [6.07, 6.45) is -4.71. The molecule has 0 radical (unpaired) electrons. The molecular formula is C23H17BrF4N4O. The van der Waals surface area contributed by atoms with Crippen LogP contribution in [-0.2, 0) is 12.7 Å². The molecule has 0 saturated carbocycles. The molecule has 2 heterocycles. The number of fused-ring (bicyclic) bond motifs is 1. The summed E-state index contributed by atoms with van der Waals surface area (Å²) in [7, 11) is 0. The van der Waals surface area contributed by atoms with Crippen LogP contribution >= 0.6 is 15.9 Å². The molecule has 4 aromatic rings. The summed E-state index contributed by atoms with van der Waals surface area (Å²) in [5.74, 6) is -1.06. The Morgan fingerprint density at radius 2 is 1.79 bits per heavy atom. The summed E-state index contributed by atoms with van der Waals surface area (Å²) in [6.45, 7) is 3.77. The second-order valence-electron chi connectivity index (χ2n) is 7.50. The van der Waals surface area contributed by atoms with Crippen LogP contribution in [0.25, 0.3) is 10.9 Å². The number of hydrogen-bond donors (Lipinski definition) is 1. The highest BCUT2D eigenvalue weighted by atomic mass is 79.9. The number of alkyl halides is 3. The van der Waals surface area contributed by atoms with Gasteiger partial charge in [-0.15, -0.1) is 0 Å². The maximum Gasteiger partial charge on any atom is 0.433 e. The van der Waals surface area contributed by atoms with Gasteiger partial charge in [0.1, 0.15) is 11.5 Å². The summed E-state index contributed by atoms with van der Waals surface area (Å²) >= 11 is 3.22. The van der Waals surface area contributed by atoms with Crippen LogP contribution < -0.4 is 5.32 Å². The number of amides is 1. The fraction of sp³-hybridized carbons (Fsp3) is 0.174. The molecule has 2 aromatic carbocycles. The van der Waals surface area contributed by atoms with Gasteiger partial charge in [0.2, 0.25) is 0 Å². The zero-order valence-electron chi connectivity index (χ0n) is 17.5. The first kappa shape index (κ1) is 22.9. The van der Waals surface area contributed by atoms with Crippen molar-refractivity contribution in [2.45, 2.75) is 26.6 Å². The zero-order chi connectivity index (χ0) is 23.9. The average Bonchev–Trinajstić information content (AvgIpc) is 3.00. The number of aromatic nitrogens is 3. The molecule has 1 N–H and O–H groups in total. The monoisotopic (exact) mass is 520 g/mol. The molecule has 1 amide bonds. The Kier molecular flexibility index (Phi) is 5.96. The van der Waals surface area contributed by atoms with Crippen molar-refractivity contribution < 1.29 is 22.4 Å². The first-order chi connectivity index (χ1) is 15.5. The molecule has 2 aromatic heterocycles. The first-order valence-electron chi connectivity index (χ1n) is 9.80. The Morgan fingerprint density at radius 1 is 1.09 bits per heavy atom. The highest BCUT2D eigenvalue weighted by Crippen LogP contribution is 2.32. The molecule has 0 unspecified atom stereocenters. The van der Waals surface area contributed by atoms with Crippen molar-refractivity contribution in [1.82, 2.24) is 14.8 Å². The van der Waals surface area contributed by atoms with Crippen LogP contribution in [0.5, 0.6) is 0 Å². The van der Waals surface area contributed by atoms with E-state index in [1.54, 1.807) is 42.8 Å². The third kappa shape index (κ3) is 4.75. The van der Waals surface area contributed by atoms with Crippen LogP contribution in [0.2, 0.25) is 0 Å². The lowest BCUT2D eigenvalue weighted by atomic mass is 10.1. The van der Waals surface area contributed by atoms with E-state index in [4.69, 9.17) is 0 Å². The zero-order valence-corrected chi connectivity index (χ0v) is 19.1. The normalized spacial score (nSPS) is 11.7. The number of nitrogens with one attached hydrogen (secondary N) is 1. The number of rotatable bonds is 4. The van der Waals surface area contributed by atoms with E-state index in [0.29, 0.717) is 28.1 Å². The van der Waals surface area contributed by atoms with Crippen LogP contribution in [0.15, 0.2) is 53.0 Å². The van der Waals surface area contributed by atoms with Gasteiger partial charge in [-0.05, 0) is 49.7 Å². The summed E-state index contributed by atoms with van der Waals surface area (Å²) < 4.78 is 55.6. The van der Waals surface area contributed by atoms with Crippen molar-refractivity contribution in [3.05, 3.63) is 87.0 Å². The maximum atomic E-state index is 13.4. The topological polar surface area (TPSA) is 59.8 Å². The van der Waals surface area contributed by atoms with Gasteiger partial charge >= 0.3 is 6.18 Å². The van der Waals surface area contributed by atoms with Gasteiger partial charge in [0.15, 0.2) is 0 Å². The predicted molar refractivity (Wildman–Crippen MR) is 120 cm³/mol. The lowest BCUT2D eigenvalue weighted by molar-refractivity contribution is -0.140. The van der Waals surface area contributed by atoms with Gasteiger partial charge in [-0.3, -0.25) is 9.48 Å². The molecular weight excluding hydrogens is 504 g/mol. The minimum Gasteiger partial charge on any atom is -0.319 e. The molecule has 10 heteroatoms. The fourth-order valence-corrected chi connectivity index (χ4v) is 3.86. The highest BCUT2D eigenvalue weighted by Gasteiger charge is 2.34. The minimum atomic E-state index is -4.71. The van der Waals surface area contributed by atoms with Crippen molar-refractivity contribution in [3.8, 4) is 0 Å². The number of benzene rings is 2. The second-order valence-corrected chi connectivity index (χ2v) is 8.41. The lowest BCUT2D eigenvalue weighted by Gasteiger charge is -2.13. The van der Waals surface area contributed by atoms with Gasteiger partial charge in [-0.25, -0.2) is 9.37 Å². The summed E-state index contributed by atoms with van der Waals surface area (Å²) in [6, 6.07) is 11.3. The van der Waals surface area contributed by atoms with Crippen LogP contribution in [0, 0.1) is 19.7 Å². The molecule has 0 bridgehead atoms. The summed E-state index contributed by atoms with van der Waals surface area (Å²) in [5.41, 5.74) is 1.06. The Labute approximate surface area is 194 Å². The van der Waals surface area contributed by atoms with Gasteiger partial charge in [0.05, 0.1) is 34.7 Å². The van der Waals surface area contributed by atoms with E-state index in [1.807, 2.05) is 0 Å². The quantitative estimate of drug-likeness (QED) is 0.322. The molecule has 0 saturated heterocycles. The van der Waals surface area contributed by atoms with Crippen LogP contribution in [0.3, 0.4) is 0 Å². The Hall–Kier alpha value is -3.27. The smallest absolute Gasteiger partial charge is 0.319 e. The standard InChI is InChI=1S/C23H17BrF4N4O/c1-12-21(13(2)32(31-12)11-14-3-6-16(25)7-4-14)30-22(33)18-10-20(23(26,27)28)29-19-9-15(24)5-8-17(18)19/h3-10H,11H2,1-2H3,(H,30,33). The molecule has 33 heavy (non-hydrogen) atoms. The van der Waals surface area contributed by atoms with Crippen molar-refractivity contribution in [1.29, 1.82) is 0 Å². The number of carbonyl (C=O) groups excluding carboxylic acids is 1. The number of carbonyl (C=O) groups is 1. The van der Waals surface area contributed by atoms with E-state index in [0.717, 1.165) is 11.6 Å². The molecule has 5 nitrogen and oxygen atoms in total. The molecule has 4 rings (SSSR count). The third-order valence-corrected chi connectivity index (χ3v) is 5.67. The number of nitrogens with zero attached hydrogens (tertiary/aromatic N) is 3. The predicted octanol–water partition coefficient (Wildman–Crippen LogP) is 6.27. The number of pyridine rings is 1. The van der Waals surface area contributed by atoms with Crippen molar-refractivity contribution in [3.63, 3.8) is 0 Å². The summed E-state index contributed by atoms with van der Waals surface area (Å²) in [4.78, 5) is 16.8. The SMILES string of the molecule is Cc1nn(Cc2ccc(F)cc2)c(C)c1NC(=O)c1cc(C(F)(F)F)nc2cc(Br)ccc12. The molecule has 0 aliphatic heterocycles. The number of anilines is 1. The number of aryl methyl sites for hydroxylation is 1. The van der Waals surface area contributed by atoms with E-state index < -0.39 is 17.8 Å². The van der Waals surface area contributed by atoms with E-state index in [-0.39, 0.29) is 22.3 Å². The number of hydrogen-bond acceptors (Lipinski definition) is 3. The van der Waals surface area contributed by atoms with Gasteiger partial charge < -0.3 is 5.32 Å². The Bertz CT molecular complexity index is 1360. The van der Waals surface area contributed by atoms with E-state index in [9.17, 15) is 22.4 Å². The van der Waals surface area contributed by atoms with Gasteiger partial charge in [-0.2, -0.15) is 18.3 Å². The molecule has 0 spiro atoms. The molecule has 0 aliphatic rings. The van der Waals surface area contributed by atoms with E-state index in [1.165, 1.54) is 18.2 Å². The second kappa shape index (κ2) is 8.58. The van der Waals surface area contributed by atoms with E-state index >= 15 is 0 Å². The van der Waals surface area contributed by atoms with Gasteiger partial charge in [0, 0.05) is 9.86 Å². The van der Waals surface area contributed by atoms with Crippen LogP contribution in [0.4, 0.5) is 23.2 Å². The Balaban J connectivity index is 1.70. The molecule has 0 fully saturated rings. The van der Waals surface area contributed by atoms with Crippen molar-refractivity contribution in [2.24, 2.45) is 0 Å². The maximum absolute atomic E-state index is 13.4. The lowest BCUT2D eigenvalue weighted by Crippen LogP contribution is -2.17. The van der Waals surface area contributed by atoms with E-state index in [2.05, 4.69) is 31.3 Å². The van der Waals surface area contributed by atoms with Gasteiger partial charge in [-0.1, -0.05) is 34.1 Å². The third-order valence-electron chi connectivity index (χ3n) is 5.17. The Morgan fingerprint density at radius 3 is 2.45 bits per heavy atom. The van der Waals surface area contributed by atoms with Crippen LogP contribution in [-0.4, -0.2) is 20.7 Å². The first-order valence-corrected chi connectivity index (χ1v) is 10.6. The molecule has 0 atom stereocenters.